The molecule has 6 heteroatoms. The van der Waals surface area contributed by atoms with Crippen LogP contribution in [0.1, 0.15) is 48.3 Å². The average Bonchev–Trinajstić information content (AvgIpc) is 2.74. The maximum absolute atomic E-state index is 12.9. The van der Waals surface area contributed by atoms with Crippen LogP contribution in [0.3, 0.4) is 0 Å². The molecule has 0 saturated carbocycles. The van der Waals surface area contributed by atoms with Gasteiger partial charge >= 0.3 is 0 Å². The lowest BCUT2D eigenvalue weighted by Gasteiger charge is -2.31. The summed E-state index contributed by atoms with van der Waals surface area (Å²) in [7, 11) is 2.17. The normalized spacial score (nSPS) is 18.9. The molecular weight excluding hydrogens is 364 g/mol. The van der Waals surface area contributed by atoms with E-state index in [1.807, 2.05) is 49.2 Å². The number of hydrogen-bond donors (Lipinski definition) is 0. The molecule has 0 bridgehead atoms. The van der Waals surface area contributed by atoms with Crippen molar-refractivity contribution in [2.45, 2.75) is 51.7 Å². The van der Waals surface area contributed by atoms with Gasteiger partial charge < -0.3 is 14.5 Å². The second kappa shape index (κ2) is 8.49. The number of piperidine rings is 1. The second-order valence-corrected chi connectivity index (χ2v) is 8.36. The highest BCUT2D eigenvalue weighted by atomic mass is 16.5. The Kier molecular flexibility index (Phi) is 5.81. The van der Waals surface area contributed by atoms with Crippen molar-refractivity contribution in [3.8, 4) is 5.75 Å². The van der Waals surface area contributed by atoms with Gasteiger partial charge in [0.15, 0.2) is 6.10 Å². The van der Waals surface area contributed by atoms with Crippen molar-refractivity contribution in [3.63, 3.8) is 0 Å². The van der Waals surface area contributed by atoms with Gasteiger partial charge in [-0.1, -0.05) is 17.7 Å². The zero-order valence-corrected chi connectivity index (χ0v) is 17.6. The summed E-state index contributed by atoms with van der Waals surface area (Å²) in [5.74, 6) is 2.17. The van der Waals surface area contributed by atoms with Crippen LogP contribution >= 0.6 is 0 Å². The van der Waals surface area contributed by atoms with E-state index in [4.69, 9.17) is 9.72 Å². The number of amides is 1. The second-order valence-electron chi connectivity index (χ2n) is 8.36. The lowest BCUT2D eigenvalue weighted by molar-refractivity contribution is -0.138. The Balaban J connectivity index is 1.39. The Labute approximate surface area is 172 Å². The molecule has 1 aromatic heterocycles. The highest BCUT2D eigenvalue weighted by molar-refractivity contribution is 5.81. The molecule has 0 spiro atoms. The largest absolute Gasteiger partial charge is 0.481 e. The highest BCUT2D eigenvalue weighted by Crippen LogP contribution is 2.27. The number of ether oxygens (including phenoxy) is 1. The lowest BCUT2D eigenvalue weighted by atomic mass is 9.95. The van der Waals surface area contributed by atoms with Crippen molar-refractivity contribution >= 4 is 5.91 Å². The van der Waals surface area contributed by atoms with Crippen LogP contribution < -0.4 is 4.74 Å². The average molecular weight is 395 g/mol. The molecule has 4 rings (SSSR count). The summed E-state index contributed by atoms with van der Waals surface area (Å²) >= 11 is 0. The molecule has 1 saturated heterocycles. The van der Waals surface area contributed by atoms with E-state index in [-0.39, 0.29) is 5.91 Å². The third-order valence-electron chi connectivity index (χ3n) is 6.03. The molecule has 1 atom stereocenters. The van der Waals surface area contributed by atoms with Crippen molar-refractivity contribution in [2.24, 2.45) is 0 Å². The van der Waals surface area contributed by atoms with Crippen LogP contribution in [-0.4, -0.2) is 58.5 Å². The van der Waals surface area contributed by atoms with Gasteiger partial charge in [0.25, 0.3) is 5.91 Å². The smallest absolute Gasteiger partial charge is 0.263 e. The monoisotopic (exact) mass is 394 g/mol. The van der Waals surface area contributed by atoms with Gasteiger partial charge in [-0.3, -0.25) is 4.79 Å². The van der Waals surface area contributed by atoms with Gasteiger partial charge in [0.2, 0.25) is 0 Å². The molecule has 0 aliphatic carbocycles. The van der Waals surface area contributed by atoms with Crippen LogP contribution in [0.25, 0.3) is 0 Å². The zero-order valence-electron chi connectivity index (χ0n) is 17.6. The predicted octanol–water partition coefficient (Wildman–Crippen LogP) is 2.95. The van der Waals surface area contributed by atoms with Crippen LogP contribution in [0.5, 0.6) is 5.75 Å². The van der Waals surface area contributed by atoms with Crippen molar-refractivity contribution in [1.29, 1.82) is 0 Å². The Bertz CT molecular complexity index is 860. The van der Waals surface area contributed by atoms with Crippen molar-refractivity contribution in [1.82, 2.24) is 19.8 Å². The molecule has 29 heavy (non-hydrogen) atoms. The SMILES string of the molecule is Cc1ccc(O[C@@H](C)C(=O)N2CCc3nc(C4CCN(C)CC4)ncc3C2)cc1. The molecular formula is C23H30N4O2. The minimum absolute atomic E-state index is 0.00983. The summed E-state index contributed by atoms with van der Waals surface area (Å²) in [5.41, 5.74) is 3.33. The van der Waals surface area contributed by atoms with Crippen LogP contribution in [0.15, 0.2) is 30.5 Å². The van der Waals surface area contributed by atoms with Gasteiger partial charge in [-0.2, -0.15) is 0 Å². The Morgan fingerprint density at radius 1 is 1.17 bits per heavy atom. The molecule has 154 valence electrons. The minimum atomic E-state index is -0.515. The van der Waals surface area contributed by atoms with E-state index >= 15 is 0 Å². The maximum atomic E-state index is 12.9. The fourth-order valence-electron chi connectivity index (χ4n) is 4.11. The summed E-state index contributed by atoms with van der Waals surface area (Å²) < 4.78 is 5.85. The Morgan fingerprint density at radius 2 is 1.90 bits per heavy atom. The van der Waals surface area contributed by atoms with Gasteiger partial charge in [-0.25, -0.2) is 9.97 Å². The van der Waals surface area contributed by atoms with Crippen LogP contribution in [0.4, 0.5) is 0 Å². The number of carbonyl (C=O) groups is 1. The molecule has 2 aliphatic rings. The molecule has 0 N–H and O–H groups in total. The number of nitrogens with zero attached hydrogens (tertiary/aromatic N) is 4. The Hall–Kier alpha value is -2.47. The number of likely N-dealkylation sites (tertiary alicyclic amines) is 1. The van der Waals surface area contributed by atoms with Gasteiger partial charge in [0.05, 0.1) is 5.69 Å². The topological polar surface area (TPSA) is 58.6 Å². The molecule has 3 heterocycles. The van der Waals surface area contributed by atoms with E-state index < -0.39 is 6.10 Å². The van der Waals surface area contributed by atoms with E-state index in [0.29, 0.717) is 19.0 Å². The number of benzene rings is 1. The standard InChI is InChI=1S/C23H30N4O2/c1-16-4-6-20(7-5-16)29-17(2)23(28)27-13-10-21-19(15-27)14-24-22(25-21)18-8-11-26(3)12-9-18/h4-7,14,17-18H,8-13,15H2,1-3H3/t17-/m0/s1. The fourth-order valence-corrected chi connectivity index (χ4v) is 4.11. The predicted molar refractivity (Wildman–Crippen MR) is 112 cm³/mol. The lowest BCUT2D eigenvalue weighted by Crippen LogP contribution is -2.43. The third-order valence-corrected chi connectivity index (χ3v) is 6.03. The summed E-state index contributed by atoms with van der Waals surface area (Å²) in [6.45, 7) is 7.29. The van der Waals surface area contributed by atoms with E-state index in [0.717, 1.165) is 55.2 Å². The van der Waals surface area contributed by atoms with Gasteiger partial charge in [-0.05, 0) is 59.0 Å². The molecule has 0 radical (unpaired) electrons. The molecule has 1 aromatic carbocycles. The van der Waals surface area contributed by atoms with Gasteiger partial charge in [0, 0.05) is 37.2 Å². The molecule has 1 fully saturated rings. The Morgan fingerprint density at radius 3 is 2.62 bits per heavy atom. The van der Waals surface area contributed by atoms with Crippen LogP contribution in [0.2, 0.25) is 0 Å². The molecule has 2 aliphatic heterocycles. The van der Waals surface area contributed by atoms with Crippen molar-refractivity contribution in [2.75, 3.05) is 26.7 Å². The summed E-state index contributed by atoms with van der Waals surface area (Å²) in [5, 5.41) is 0. The number of aryl methyl sites for hydroxylation is 1. The highest BCUT2D eigenvalue weighted by Gasteiger charge is 2.28. The summed E-state index contributed by atoms with van der Waals surface area (Å²) in [6.07, 6.45) is 4.43. The third kappa shape index (κ3) is 4.58. The quantitative estimate of drug-likeness (QED) is 0.798. The summed E-state index contributed by atoms with van der Waals surface area (Å²) in [6, 6.07) is 7.79. The molecule has 1 amide bonds. The molecule has 0 unspecified atom stereocenters. The van der Waals surface area contributed by atoms with Crippen LogP contribution in [0, 0.1) is 6.92 Å². The minimum Gasteiger partial charge on any atom is -0.481 e. The van der Waals surface area contributed by atoms with Crippen molar-refractivity contribution < 1.29 is 9.53 Å². The van der Waals surface area contributed by atoms with Gasteiger partial charge in [-0.15, -0.1) is 0 Å². The number of aromatic nitrogens is 2. The van der Waals surface area contributed by atoms with E-state index in [1.54, 1.807) is 0 Å². The van der Waals surface area contributed by atoms with E-state index in [9.17, 15) is 4.79 Å². The number of hydrogen-bond acceptors (Lipinski definition) is 5. The number of fused-ring (bicyclic) bond motifs is 1. The van der Waals surface area contributed by atoms with Crippen LogP contribution in [-0.2, 0) is 17.8 Å². The first-order valence-electron chi connectivity index (χ1n) is 10.5. The molecule has 2 aromatic rings. The first-order valence-corrected chi connectivity index (χ1v) is 10.5. The van der Waals surface area contributed by atoms with E-state index in [1.165, 1.54) is 5.56 Å². The zero-order chi connectivity index (χ0) is 20.4. The fraction of sp³-hybridized carbons (Fsp3) is 0.522. The summed E-state index contributed by atoms with van der Waals surface area (Å²) in [4.78, 5) is 26.6. The van der Waals surface area contributed by atoms with Gasteiger partial charge in [0.1, 0.15) is 11.6 Å². The number of carbonyl (C=O) groups excluding carboxylic acids is 1. The molecule has 6 nitrogen and oxygen atoms in total. The first-order chi connectivity index (χ1) is 14.0. The first kappa shape index (κ1) is 19.8. The van der Waals surface area contributed by atoms with Crippen molar-refractivity contribution in [3.05, 3.63) is 53.1 Å². The maximum Gasteiger partial charge on any atom is 0.263 e. The number of rotatable bonds is 4. The van der Waals surface area contributed by atoms with E-state index in [2.05, 4.69) is 16.9 Å².